The van der Waals surface area contributed by atoms with Crippen molar-refractivity contribution in [2.75, 3.05) is 24.2 Å². The van der Waals surface area contributed by atoms with Crippen LogP contribution < -0.4 is 4.90 Å². The summed E-state index contributed by atoms with van der Waals surface area (Å²) in [5, 5.41) is 3.06. The number of nitrogens with zero attached hydrogens (tertiary/aromatic N) is 3. The maximum Gasteiger partial charge on any atom is 0.211 e. The minimum atomic E-state index is -3.11. The van der Waals surface area contributed by atoms with Gasteiger partial charge in [-0.25, -0.2) is 13.4 Å². The van der Waals surface area contributed by atoms with Gasteiger partial charge in [0.15, 0.2) is 5.13 Å². The van der Waals surface area contributed by atoms with Gasteiger partial charge in [-0.1, -0.05) is 6.42 Å². The van der Waals surface area contributed by atoms with E-state index in [1.807, 2.05) is 15.9 Å². The van der Waals surface area contributed by atoms with Crippen LogP contribution in [0, 0.1) is 0 Å². The predicted octanol–water partition coefficient (Wildman–Crippen LogP) is 2.32. The van der Waals surface area contributed by atoms with Crippen molar-refractivity contribution in [3.05, 3.63) is 11.6 Å². The fraction of sp³-hybridized carbons (Fsp3) is 0.786. The summed E-state index contributed by atoms with van der Waals surface area (Å²) in [4.78, 5) is 6.67. The topological polar surface area (TPSA) is 53.5 Å². The molecule has 0 N–H and O–H groups in total. The van der Waals surface area contributed by atoms with E-state index in [0.29, 0.717) is 0 Å². The first-order valence-electron chi connectivity index (χ1n) is 7.68. The number of hydrogen-bond acceptors (Lipinski definition) is 5. The second-order valence-electron chi connectivity index (χ2n) is 6.06. The van der Waals surface area contributed by atoms with Gasteiger partial charge in [-0.3, -0.25) is 0 Å². The number of rotatable bonds is 4. The molecule has 2 aliphatic rings. The van der Waals surface area contributed by atoms with Crippen molar-refractivity contribution in [3.8, 4) is 0 Å². The van der Waals surface area contributed by atoms with Gasteiger partial charge in [0.25, 0.3) is 0 Å². The van der Waals surface area contributed by atoms with Crippen LogP contribution in [0.25, 0.3) is 0 Å². The van der Waals surface area contributed by atoms with E-state index >= 15 is 0 Å². The highest BCUT2D eigenvalue weighted by atomic mass is 32.2. The van der Waals surface area contributed by atoms with Crippen molar-refractivity contribution < 1.29 is 8.42 Å². The van der Waals surface area contributed by atoms with E-state index in [9.17, 15) is 8.42 Å². The molecule has 21 heavy (non-hydrogen) atoms. The summed E-state index contributed by atoms with van der Waals surface area (Å²) in [6, 6.07) is 0.409. The van der Waals surface area contributed by atoms with Crippen molar-refractivity contribution >= 4 is 26.5 Å². The Kier molecular flexibility index (Phi) is 4.51. The molecule has 2 fully saturated rings. The molecule has 3 rings (SSSR count). The van der Waals surface area contributed by atoms with E-state index in [0.717, 1.165) is 56.7 Å². The molecule has 1 aromatic heterocycles. The van der Waals surface area contributed by atoms with Gasteiger partial charge in [-0.2, -0.15) is 4.31 Å². The lowest BCUT2D eigenvalue weighted by Gasteiger charge is -2.40. The second-order valence-corrected chi connectivity index (χ2v) is 8.82. The standard InChI is InChI=1S/C14H23N3O2S2/c1-21(18,19)17(12-4-2-5-12)13-6-3-9-16(10-7-13)14-15-8-11-20-14/h8,11-13H,2-7,9-10H2,1H3. The summed E-state index contributed by atoms with van der Waals surface area (Å²) >= 11 is 1.66. The molecule has 0 bridgehead atoms. The van der Waals surface area contributed by atoms with Gasteiger partial charge in [-0.05, 0) is 32.1 Å². The molecule has 0 radical (unpaired) electrons. The fourth-order valence-electron chi connectivity index (χ4n) is 3.38. The Balaban J connectivity index is 1.71. The van der Waals surface area contributed by atoms with E-state index in [2.05, 4.69) is 9.88 Å². The zero-order valence-corrected chi connectivity index (χ0v) is 14.1. The Hall–Kier alpha value is -0.660. The summed E-state index contributed by atoms with van der Waals surface area (Å²) in [5.74, 6) is 0. The number of hydrogen-bond donors (Lipinski definition) is 0. The van der Waals surface area contributed by atoms with Gasteiger partial charge in [0, 0.05) is 36.8 Å². The first-order valence-corrected chi connectivity index (χ1v) is 10.4. The highest BCUT2D eigenvalue weighted by Crippen LogP contribution is 2.32. The molecule has 1 aromatic rings. The lowest BCUT2D eigenvalue weighted by atomic mass is 9.91. The first-order chi connectivity index (χ1) is 10.1. The van der Waals surface area contributed by atoms with E-state index in [1.54, 1.807) is 11.3 Å². The molecule has 7 heteroatoms. The smallest absolute Gasteiger partial charge is 0.211 e. The van der Waals surface area contributed by atoms with E-state index in [-0.39, 0.29) is 12.1 Å². The molecule has 0 spiro atoms. The van der Waals surface area contributed by atoms with E-state index in [4.69, 9.17) is 0 Å². The van der Waals surface area contributed by atoms with Crippen LogP contribution in [-0.2, 0) is 10.0 Å². The molecule has 1 unspecified atom stereocenters. The van der Waals surface area contributed by atoms with Crippen LogP contribution in [0.1, 0.15) is 38.5 Å². The Morgan fingerprint density at radius 3 is 2.48 bits per heavy atom. The SMILES string of the molecule is CS(=O)(=O)N(C1CCC1)C1CCCN(c2nccs2)CC1. The predicted molar refractivity (Wildman–Crippen MR) is 86.3 cm³/mol. The van der Waals surface area contributed by atoms with Crippen LogP contribution in [0.3, 0.4) is 0 Å². The molecule has 1 saturated heterocycles. The molecule has 0 amide bonds. The lowest BCUT2D eigenvalue weighted by Crippen LogP contribution is -2.49. The minimum Gasteiger partial charge on any atom is -0.348 e. The maximum atomic E-state index is 12.2. The normalized spacial score (nSPS) is 24.9. The fourth-order valence-corrected chi connectivity index (χ4v) is 5.58. The van der Waals surface area contributed by atoms with Gasteiger partial charge in [0.2, 0.25) is 10.0 Å². The van der Waals surface area contributed by atoms with Crippen LogP contribution in [0.2, 0.25) is 0 Å². The summed E-state index contributed by atoms with van der Waals surface area (Å²) in [6.07, 6.45) is 9.32. The van der Waals surface area contributed by atoms with Crippen molar-refractivity contribution in [1.29, 1.82) is 0 Å². The van der Waals surface area contributed by atoms with Crippen LogP contribution in [0.15, 0.2) is 11.6 Å². The van der Waals surface area contributed by atoms with Crippen LogP contribution in [-0.4, -0.2) is 49.1 Å². The largest absolute Gasteiger partial charge is 0.348 e. The molecule has 1 aliphatic carbocycles. The van der Waals surface area contributed by atoms with E-state index in [1.165, 1.54) is 6.26 Å². The number of thiazole rings is 1. The van der Waals surface area contributed by atoms with E-state index < -0.39 is 10.0 Å². The number of sulfonamides is 1. The molecule has 5 nitrogen and oxygen atoms in total. The molecule has 118 valence electrons. The van der Waals surface area contributed by atoms with Crippen molar-refractivity contribution in [1.82, 2.24) is 9.29 Å². The average Bonchev–Trinajstić information content (AvgIpc) is 2.78. The summed E-state index contributed by atoms with van der Waals surface area (Å²) in [6.45, 7) is 1.88. The molecule has 1 aliphatic heterocycles. The third-order valence-electron chi connectivity index (χ3n) is 4.56. The maximum absolute atomic E-state index is 12.2. The third kappa shape index (κ3) is 3.40. The Bertz CT molecular complexity index is 555. The Labute approximate surface area is 131 Å². The van der Waals surface area contributed by atoms with Crippen LogP contribution in [0.5, 0.6) is 0 Å². The summed E-state index contributed by atoms with van der Waals surface area (Å²) in [7, 11) is -3.11. The van der Waals surface area contributed by atoms with Gasteiger partial charge in [0.1, 0.15) is 0 Å². The van der Waals surface area contributed by atoms with Gasteiger partial charge >= 0.3 is 0 Å². The van der Waals surface area contributed by atoms with Crippen LogP contribution >= 0.6 is 11.3 Å². The Morgan fingerprint density at radius 2 is 1.90 bits per heavy atom. The summed E-state index contributed by atoms with van der Waals surface area (Å²) in [5.41, 5.74) is 0. The van der Waals surface area contributed by atoms with Gasteiger partial charge < -0.3 is 4.90 Å². The zero-order chi connectivity index (χ0) is 14.9. The second kappa shape index (κ2) is 6.22. The highest BCUT2D eigenvalue weighted by Gasteiger charge is 2.37. The molecule has 2 heterocycles. The molecular formula is C14H23N3O2S2. The molecule has 1 saturated carbocycles. The minimum absolute atomic E-state index is 0.162. The lowest BCUT2D eigenvalue weighted by molar-refractivity contribution is 0.164. The quantitative estimate of drug-likeness (QED) is 0.851. The number of aromatic nitrogens is 1. The molecule has 1 atom stereocenters. The summed E-state index contributed by atoms with van der Waals surface area (Å²) < 4.78 is 26.2. The Morgan fingerprint density at radius 1 is 1.19 bits per heavy atom. The van der Waals surface area contributed by atoms with Crippen molar-refractivity contribution in [2.45, 2.75) is 50.6 Å². The van der Waals surface area contributed by atoms with Crippen molar-refractivity contribution in [3.63, 3.8) is 0 Å². The monoisotopic (exact) mass is 329 g/mol. The molecular weight excluding hydrogens is 306 g/mol. The highest BCUT2D eigenvalue weighted by molar-refractivity contribution is 7.88. The molecule has 0 aromatic carbocycles. The first kappa shape index (κ1) is 15.2. The third-order valence-corrected chi connectivity index (χ3v) is 6.76. The number of anilines is 1. The van der Waals surface area contributed by atoms with Gasteiger partial charge in [0.05, 0.1) is 6.26 Å². The van der Waals surface area contributed by atoms with Crippen molar-refractivity contribution in [2.24, 2.45) is 0 Å². The van der Waals surface area contributed by atoms with Crippen LogP contribution in [0.4, 0.5) is 5.13 Å². The van der Waals surface area contributed by atoms with Gasteiger partial charge in [-0.15, -0.1) is 11.3 Å². The zero-order valence-electron chi connectivity index (χ0n) is 12.4. The average molecular weight is 329 g/mol.